The van der Waals surface area contributed by atoms with Crippen LogP contribution in [-0.4, -0.2) is 80.9 Å². The Kier molecular flexibility index (Phi) is 10.7. The molecule has 0 amide bonds. The third-order valence-corrected chi connectivity index (χ3v) is 14.1. The monoisotopic (exact) mass is 912 g/mol. The van der Waals surface area contributed by atoms with Gasteiger partial charge in [-0.1, -0.05) is 66.7 Å². The standard InChI is InChI=1S/C38H28N2O17S4/c41-29(42)13-6-14-58(46,47)21-15-26(59(48,49)50)34(27(16-21)60(51,52)53)39-25-17-28(61(54,55)56)35-32-30(23-11-3-4-12-24(23)36(43)31(25)32)33(37(44)40-35)38(45)57-18-20-9-5-8-19-7-1-2-10-22(19)20/h1-5,7-12,15-17,39H,6,13-14,18H2,(H,40,44)(H,41,42)(H,48,49,50)(H,51,52,53)(H,54,55,56). The number of anilines is 2. The summed E-state index contributed by atoms with van der Waals surface area (Å²) in [6.45, 7) is -0.384. The summed E-state index contributed by atoms with van der Waals surface area (Å²) in [6.07, 6.45) is -1.21. The average Bonchev–Trinajstić information content (AvgIpc) is 3.17. The summed E-state index contributed by atoms with van der Waals surface area (Å²) in [5, 5.41) is 12.1. The highest BCUT2D eigenvalue weighted by Gasteiger charge is 2.38. The van der Waals surface area contributed by atoms with E-state index >= 15 is 0 Å². The molecule has 1 aliphatic rings. The van der Waals surface area contributed by atoms with Crippen LogP contribution in [0, 0.1) is 0 Å². The second-order valence-corrected chi connectivity index (χ2v) is 19.8. The van der Waals surface area contributed by atoms with E-state index in [0.717, 1.165) is 5.39 Å². The summed E-state index contributed by atoms with van der Waals surface area (Å²) in [6, 6.07) is 18.7. The molecule has 0 bridgehead atoms. The Bertz CT molecular complexity index is 3390. The van der Waals surface area contributed by atoms with E-state index in [2.05, 4.69) is 10.3 Å². The zero-order valence-electron chi connectivity index (χ0n) is 30.6. The summed E-state index contributed by atoms with van der Waals surface area (Å²) in [7, 11) is -21.7. The molecule has 61 heavy (non-hydrogen) atoms. The van der Waals surface area contributed by atoms with Crippen molar-refractivity contribution in [1.82, 2.24) is 4.98 Å². The van der Waals surface area contributed by atoms with Crippen molar-refractivity contribution in [3.63, 3.8) is 0 Å². The summed E-state index contributed by atoms with van der Waals surface area (Å²) < 4.78 is 140. The zero-order chi connectivity index (χ0) is 44.4. The number of aromatic amines is 1. The molecular weight excluding hydrogens is 885 g/mol. The maximum absolute atomic E-state index is 14.4. The maximum atomic E-state index is 14.4. The van der Waals surface area contributed by atoms with Gasteiger partial charge in [-0.05, 0) is 46.5 Å². The van der Waals surface area contributed by atoms with Crippen molar-refractivity contribution in [1.29, 1.82) is 0 Å². The fraction of sp³-hybridized carbons (Fsp3) is 0.105. The number of H-pyrrole nitrogens is 1. The van der Waals surface area contributed by atoms with Gasteiger partial charge in [0, 0.05) is 22.9 Å². The highest BCUT2D eigenvalue weighted by Crippen LogP contribution is 2.46. The number of pyridine rings is 1. The molecule has 1 aliphatic carbocycles. The summed E-state index contributed by atoms with van der Waals surface area (Å²) in [4.78, 5) is 50.1. The number of hydrogen-bond acceptors (Lipinski definition) is 14. The Hall–Kier alpha value is -6.34. The van der Waals surface area contributed by atoms with Gasteiger partial charge in [0.1, 0.15) is 26.9 Å². The van der Waals surface area contributed by atoms with Crippen molar-refractivity contribution in [2.75, 3.05) is 11.1 Å². The van der Waals surface area contributed by atoms with Crippen LogP contribution >= 0.6 is 0 Å². The van der Waals surface area contributed by atoms with Gasteiger partial charge in [0.25, 0.3) is 35.9 Å². The molecule has 6 aromatic rings. The molecule has 0 aliphatic heterocycles. The Morgan fingerprint density at radius 3 is 1.92 bits per heavy atom. The van der Waals surface area contributed by atoms with E-state index in [0.29, 0.717) is 17.0 Å². The van der Waals surface area contributed by atoms with Crippen LogP contribution in [0.25, 0.3) is 32.8 Å². The van der Waals surface area contributed by atoms with Gasteiger partial charge >= 0.3 is 11.9 Å². The predicted octanol–water partition coefficient (Wildman–Crippen LogP) is 4.37. The Labute approximate surface area is 344 Å². The van der Waals surface area contributed by atoms with Crippen molar-refractivity contribution in [3.8, 4) is 11.1 Å². The minimum absolute atomic E-state index is 0.110. The average molecular weight is 913 g/mol. The lowest BCUT2D eigenvalue weighted by atomic mass is 9.81. The zero-order valence-corrected chi connectivity index (χ0v) is 33.9. The number of benzene rings is 5. The fourth-order valence-electron chi connectivity index (χ4n) is 7.06. The number of fused-ring (bicyclic) bond motifs is 3. The number of carboxylic acid groups (broad SMARTS) is 1. The van der Waals surface area contributed by atoms with E-state index in [-0.39, 0.29) is 29.9 Å². The van der Waals surface area contributed by atoms with E-state index in [1.54, 1.807) is 30.3 Å². The summed E-state index contributed by atoms with van der Waals surface area (Å²) in [5.74, 6) is -4.66. The molecule has 0 saturated heterocycles. The number of hydrogen-bond donors (Lipinski definition) is 6. The summed E-state index contributed by atoms with van der Waals surface area (Å²) >= 11 is 0. The topological polar surface area (TPSA) is 323 Å². The molecule has 19 nitrogen and oxygen atoms in total. The number of ketones is 1. The number of ether oxygens (including phenoxy) is 1. The van der Waals surface area contributed by atoms with Crippen LogP contribution in [0.15, 0.2) is 109 Å². The van der Waals surface area contributed by atoms with Gasteiger partial charge in [0.15, 0.2) is 15.6 Å². The normalized spacial score (nSPS) is 12.9. The highest BCUT2D eigenvalue weighted by atomic mass is 32.2. The van der Waals surface area contributed by atoms with Crippen LogP contribution in [-0.2, 0) is 56.3 Å². The third kappa shape index (κ3) is 8.02. The number of esters is 1. The van der Waals surface area contributed by atoms with Crippen LogP contribution in [0.5, 0.6) is 0 Å². The molecule has 0 spiro atoms. The van der Waals surface area contributed by atoms with Gasteiger partial charge in [-0.25, -0.2) is 13.2 Å². The quantitative estimate of drug-likeness (QED) is 0.0691. The van der Waals surface area contributed by atoms with Gasteiger partial charge in [-0.2, -0.15) is 25.3 Å². The van der Waals surface area contributed by atoms with Crippen LogP contribution in [0.4, 0.5) is 11.4 Å². The van der Waals surface area contributed by atoms with Crippen LogP contribution in [0.3, 0.4) is 0 Å². The largest absolute Gasteiger partial charge is 0.481 e. The third-order valence-electron chi connectivity index (χ3n) is 9.66. The van der Waals surface area contributed by atoms with Crippen molar-refractivity contribution in [2.45, 2.75) is 39.0 Å². The first-order valence-electron chi connectivity index (χ1n) is 17.4. The second kappa shape index (κ2) is 15.3. The molecule has 316 valence electrons. The molecule has 23 heteroatoms. The first-order valence-corrected chi connectivity index (χ1v) is 23.3. The Morgan fingerprint density at radius 2 is 1.30 bits per heavy atom. The van der Waals surface area contributed by atoms with E-state index < -0.39 is 141 Å². The van der Waals surface area contributed by atoms with E-state index in [9.17, 15) is 66.5 Å². The SMILES string of the molecule is O=C(O)CCCS(=O)(=O)c1cc(S(=O)(=O)O)c(Nc2cc(S(=O)(=O)O)c3[nH]c(=O)c(C(=O)OCc4cccc5ccccc45)c4c3c2C(=O)c2ccccc2-4)c(S(=O)(=O)O)c1. The molecule has 0 saturated carbocycles. The number of aliphatic carboxylic acids is 1. The van der Waals surface area contributed by atoms with Gasteiger partial charge < -0.3 is 20.1 Å². The lowest BCUT2D eigenvalue weighted by Crippen LogP contribution is -2.26. The van der Waals surface area contributed by atoms with Gasteiger partial charge in [-0.3, -0.25) is 28.0 Å². The summed E-state index contributed by atoms with van der Waals surface area (Å²) in [5.41, 5.74) is -5.86. The Morgan fingerprint density at radius 1 is 0.705 bits per heavy atom. The van der Waals surface area contributed by atoms with Gasteiger partial charge in [0.05, 0.1) is 33.1 Å². The second-order valence-electron chi connectivity index (χ2n) is 13.5. The van der Waals surface area contributed by atoms with Crippen molar-refractivity contribution < 1.29 is 71.6 Å². The van der Waals surface area contributed by atoms with Crippen molar-refractivity contribution in [3.05, 3.63) is 118 Å². The lowest BCUT2D eigenvalue weighted by molar-refractivity contribution is -0.137. The first kappa shape index (κ1) is 42.8. The van der Waals surface area contributed by atoms with Crippen LogP contribution < -0.4 is 10.9 Å². The number of carbonyl (C=O) groups is 3. The Balaban J connectivity index is 1.51. The van der Waals surface area contributed by atoms with Crippen molar-refractivity contribution in [2.24, 2.45) is 0 Å². The molecule has 0 radical (unpaired) electrons. The number of aromatic nitrogens is 1. The molecule has 1 heterocycles. The molecule has 1 aromatic heterocycles. The van der Waals surface area contributed by atoms with E-state index in [1.807, 2.05) is 12.1 Å². The molecule has 6 N–H and O–H groups in total. The molecular formula is C38H28N2O17S4. The molecule has 5 aromatic carbocycles. The maximum Gasteiger partial charge on any atom is 0.344 e. The number of carbonyl (C=O) groups excluding carboxylic acids is 2. The van der Waals surface area contributed by atoms with E-state index in [4.69, 9.17) is 9.84 Å². The van der Waals surface area contributed by atoms with Crippen LogP contribution in [0.2, 0.25) is 0 Å². The van der Waals surface area contributed by atoms with Gasteiger partial charge in [-0.15, -0.1) is 0 Å². The van der Waals surface area contributed by atoms with E-state index in [1.165, 1.54) is 24.3 Å². The predicted molar refractivity (Wildman–Crippen MR) is 215 cm³/mol. The highest BCUT2D eigenvalue weighted by molar-refractivity contribution is 7.91. The number of carboxylic acids is 1. The number of sulfone groups is 1. The van der Waals surface area contributed by atoms with Gasteiger partial charge in [0.2, 0.25) is 0 Å². The number of nitrogens with one attached hydrogen (secondary N) is 2. The smallest absolute Gasteiger partial charge is 0.344 e. The fourth-order valence-corrected chi connectivity index (χ4v) is 10.7. The molecule has 0 fully saturated rings. The first-order chi connectivity index (χ1) is 28.5. The lowest BCUT2D eigenvalue weighted by Gasteiger charge is -2.25. The molecule has 0 atom stereocenters. The van der Waals surface area contributed by atoms with Crippen LogP contribution in [0.1, 0.15) is 44.7 Å². The molecule has 7 rings (SSSR count). The molecule has 0 unspecified atom stereocenters. The van der Waals surface area contributed by atoms with Crippen molar-refractivity contribution >= 4 is 91.0 Å². The number of rotatable bonds is 13. The minimum Gasteiger partial charge on any atom is -0.481 e. The minimum atomic E-state index is -5.73.